The first-order valence-corrected chi connectivity index (χ1v) is 10.5. The first-order valence-electron chi connectivity index (χ1n) is 10.5. The Kier molecular flexibility index (Phi) is 12.5. The minimum atomic E-state index is -1.53. The molecular weight excluding hydrogens is 424 g/mol. The highest BCUT2D eigenvalue weighted by Gasteiger charge is 2.34. The van der Waals surface area contributed by atoms with Crippen molar-refractivity contribution in [1.82, 2.24) is 16.0 Å². The lowest BCUT2D eigenvalue weighted by Gasteiger charge is -2.29. The third-order valence-corrected chi connectivity index (χ3v) is 5.14. The molecule has 0 rings (SSSR count). The van der Waals surface area contributed by atoms with Crippen LogP contribution in [-0.2, 0) is 24.0 Å². The first-order chi connectivity index (χ1) is 14.7. The third-order valence-electron chi connectivity index (χ3n) is 5.14. The Morgan fingerprint density at radius 3 is 1.75 bits per heavy atom. The van der Waals surface area contributed by atoms with Crippen molar-refractivity contribution in [1.29, 1.82) is 0 Å². The van der Waals surface area contributed by atoms with E-state index in [0.717, 1.165) is 0 Å². The fourth-order valence-electron chi connectivity index (χ4n) is 2.69. The molecule has 0 saturated heterocycles. The number of aliphatic carboxylic acids is 2. The number of carboxylic acid groups (broad SMARTS) is 2. The van der Waals surface area contributed by atoms with Crippen LogP contribution in [0.5, 0.6) is 0 Å². The van der Waals surface area contributed by atoms with Gasteiger partial charge in [0.25, 0.3) is 0 Å². The topological polar surface area (TPSA) is 208 Å². The van der Waals surface area contributed by atoms with Gasteiger partial charge >= 0.3 is 11.9 Å². The van der Waals surface area contributed by atoms with Gasteiger partial charge in [-0.3, -0.25) is 19.2 Å². The number of nitrogens with one attached hydrogen (secondary N) is 3. The lowest BCUT2D eigenvalue weighted by molar-refractivity contribution is -0.144. The number of hydrogen-bond acceptors (Lipinski definition) is 7. The highest BCUT2D eigenvalue weighted by atomic mass is 16.4. The van der Waals surface area contributed by atoms with E-state index >= 15 is 0 Å². The van der Waals surface area contributed by atoms with Crippen LogP contribution < -0.4 is 21.7 Å². The highest BCUT2D eigenvalue weighted by Crippen LogP contribution is 2.11. The monoisotopic (exact) mass is 460 g/mol. The predicted octanol–water partition coefficient (Wildman–Crippen LogP) is -1.20. The van der Waals surface area contributed by atoms with E-state index in [1.807, 2.05) is 0 Å². The number of carboxylic acids is 2. The summed E-state index contributed by atoms with van der Waals surface area (Å²) in [5.74, 6) is -5.50. The second-order valence-corrected chi connectivity index (χ2v) is 8.20. The average molecular weight is 461 g/mol. The molecule has 0 bridgehead atoms. The Hall–Kier alpha value is -2.73. The van der Waals surface area contributed by atoms with E-state index < -0.39 is 66.4 Å². The Morgan fingerprint density at radius 1 is 0.844 bits per heavy atom. The van der Waals surface area contributed by atoms with Crippen molar-refractivity contribution in [3.63, 3.8) is 0 Å². The van der Waals surface area contributed by atoms with Crippen LogP contribution in [0.4, 0.5) is 0 Å². The quantitative estimate of drug-likeness (QED) is 0.166. The zero-order valence-corrected chi connectivity index (χ0v) is 19.1. The molecule has 12 heteroatoms. The van der Waals surface area contributed by atoms with Crippen LogP contribution in [0.15, 0.2) is 0 Å². The molecule has 0 aromatic heterocycles. The van der Waals surface area contributed by atoms with Crippen LogP contribution in [0, 0.1) is 11.8 Å². The van der Waals surface area contributed by atoms with E-state index in [2.05, 4.69) is 16.0 Å². The molecule has 0 spiro atoms. The van der Waals surface area contributed by atoms with Gasteiger partial charge in [-0.25, -0.2) is 4.79 Å². The van der Waals surface area contributed by atoms with Crippen LogP contribution in [0.25, 0.3) is 0 Å². The fourth-order valence-corrected chi connectivity index (χ4v) is 2.69. The summed E-state index contributed by atoms with van der Waals surface area (Å²) in [6.07, 6.45) is -1.77. The minimum Gasteiger partial charge on any atom is -0.481 e. The van der Waals surface area contributed by atoms with E-state index in [1.165, 1.54) is 6.92 Å². The normalized spacial score (nSPS) is 16.8. The van der Waals surface area contributed by atoms with E-state index in [1.54, 1.807) is 27.7 Å². The molecule has 0 fully saturated rings. The molecule has 0 aliphatic rings. The van der Waals surface area contributed by atoms with Crippen molar-refractivity contribution in [2.75, 3.05) is 0 Å². The summed E-state index contributed by atoms with van der Waals surface area (Å²) in [5.41, 5.74) is 5.84. The summed E-state index contributed by atoms with van der Waals surface area (Å²) in [5, 5.41) is 35.0. The van der Waals surface area contributed by atoms with Gasteiger partial charge in [0.2, 0.25) is 17.7 Å². The molecule has 0 aliphatic heterocycles. The highest BCUT2D eigenvalue weighted by molar-refractivity contribution is 5.94. The van der Waals surface area contributed by atoms with Crippen molar-refractivity contribution >= 4 is 29.7 Å². The van der Waals surface area contributed by atoms with E-state index in [0.29, 0.717) is 6.42 Å². The molecule has 6 atom stereocenters. The number of rotatable bonds is 14. The summed E-state index contributed by atoms with van der Waals surface area (Å²) < 4.78 is 0. The maximum Gasteiger partial charge on any atom is 0.326 e. The molecule has 0 aromatic carbocycles. The third kappa shape index (κ3) is 9.60. The molecule has 8 N–H and O–H groups in total. The zero-order chi connectivity index (χ0) is 25.2. The van der Waals surface area contributed by atoms with Gasteiger partial charge in [0.05, 0.1) is 12.1 Å². The van der Waals surface area contributed by atoms with Crippen molar-refractivity contribution in [3.05, 3.63) is 0 Å². The summed E-state index contributed by atoms with van der Waals surface area (Å²) in [6.45, 7) is 8.25. The molecule has 0 saturated carbocycles. The first kappa shape index (κ1) is 29.3. The number of nitrogens with two attached hydrogens (primary N) is 1. The van der Waals surface area contributed by atoms with Crippen LogP contribution in [0.2, 0.25) is 0 Å². The maximum atomic E-state index is 12.9. The number of carbonyl (C=O) groups excluding carboxylic acids is 3. The van der Waals surface area contributed by atoms with Crippen LogP contribution in [0.3, 0.4) is 0 Å². The minimum absolute atomic E-state index is 0.176. The lowest BCUT2D eigenvalue weighted by atomic mass is 9.96. The Bertz CT molecular complexity index is 683. The number of hydrogen-bond donors (Lipinski definition) is 7. The van der Waals surface area contributed by atoms with Crippen LogP contribution >= 0.6 is 0 Å². The molecule has 0 aromatic rings. The number of aliphatic hydroxyl groups is 1. The molecule has 12 nitrogen and oxygen atoms in total. The second-order valence-electron chi connectivity index (χ2n) is 8.20. The number of aliphatic hydroxyl groups excluding tert-OH is 1. The Morgan fingerprint density at radius 2 is 1.34 bits per heavy atom. The van der Waals surface area contributed by atoms with Gasteiger partial charge in [0.1, 0.15) is 18.1 Å². The van der Waals surface area contributed by atoms with Crippen LogP contribution in [0.1, 0.15) is 53.9 Å². The smallest absolute Gasteiger partial charge is 0.326 e. The molecule has 184 valence electrons. The molecule has 6 unspecified atom stereocenters. The summed E-state index contributed by atoms with van der Waals surface area (Å²) in [7, 11) is 0. The molecule has 32 heavy (non-hydrogen) atoms. The number of carbonyl (C=O) groups is 5. The van der Waals surface area contributed by atoms with Crippen LogP contribution in [-0.4, -0.2) is 75.3 Å². The van der Waals surface area contributed by atoms with E-state index in [-0.39, 0.29) is 18.3 Å². The summed E-state index contributed by atoms with van der Waals surface area (Å²) in [4.78, 5) is 59.8. The number of amides is 3. The van der Waals surface area contributed by atoms with Gasteiger partial charge in [-0.2, -0.15) is 0 Å². The van der Waals surface area contributed by atoms with Gasteiger partial charge in [-0.1, -0.05) is 34.1 Å². The van der Waals surface area contributed by atoms with Crippen molar-refractivity contribution < 1.29 is 39.3 Å². The van der Waals surface area contributed by atoms with Gasteiger partial charge in [0.15, 0.2) is 0 Å². The van der Waals surface area contributed by atoms with Crippen molar-refractivity contribution in [2.24, 2.45) is 17.6 Å². The molecular formula is C20H36N4O8. The summed E-state index contributed by atoms with van der Waals surface area (Å²) >= 11 is 0. The van der Waals surface area contributed by atoms with Crippen molar-refractivity contribution in [3.8, 4) is 0 Å². The average Bonchev–Trinajstić information content (AvgIpc) is 2.70. The lowest BCUT2D eigenvalue weighted by Crippen LogP contribution is -2.61. The van der Waals surface area contributed by atoms with E-state index in [9.17, 15) is 34.2 Å². The van der Waals surface area contributed by atoms with Crippen molar-refractivity contribution in [2.45, 2.75) is 84.2 Å². The standard InChI is InChI=1S/C20H36N4O8/c1-6-10(4)15(23-17(28)14(21)9(2)3)18(29)24-16(11(5)25)19(30)22-12(20(31)32)7-8-13(26)27/h9-12,14-16,25H,6-8,21H2,1-5H3,(H,22,30)(H,23,28)(H,24,29)(H,26,27)(H,31,32). The largest absolute Gasteiger partial charge is 0.481 e. The SMILES string of the molecule is CCC(C)C(NC(=O)C(N)C(C)C)C(=O)NC(C(=O)NC(CCC(=O)O)C(=O)O)C(C)O. The Labute approximate surface area is 187 Å². The predicted molar refractivity (Wildman–Crippen MR) is 114 cm³/mol. The Balaban J connectivity index is 5.48. The summed E-state index contributed by atoms with van der Waals surface area (Å²) in [6, 6.07) is -4.95. The fraction of sp³-hybridized carbons (Fsp3) is 0.750. The second kappa shape index (κ2) is 13.6. The molecule has 0 aliphatic carbocycles. The molecule has 3 amide bonds. The van der Waals surface area contributed by atoms with Gasteiger partial charge in [0, 0.05) is 6.42 Å². The van der Waals surface area contributed by atoms with E-state index in [4.69, 9.17) is 10.8 Å². The van der Waals surface area contributed by atoms with Gasteiger partial charge in [-0.05, 0) is 25.2 Å². The maximum absolute atomic E-state index is 12.9. The van der Waals surface area contributed by atoms with Gasteiger partial charge in [-0.15, -0.1) is 0 Å². The molecule has 0 heterocycles. The molecule has 0 radical (unpaired) electrons. The van der Waals surface area contributed by atoms with Gasteiger partial charge < -0.3 is 37.0 Å². The zero-order valence-electron chi connectivity index (χ0n) is 19.1.